The maximum Gasteiger partial charge on any atom is 0.339 e. The first-order valence-corrected chi connectivity index (χ1v) is 9.58. The molecule has 32 heavy (non-hydrogen) atoms. The average molecular weight is 446 g/mol. The Labute approximate surface area is 184 Å². The van der Waals surface area contributed by atoms with Crippen LogP contribution in [0.5, 0.6) is 11.5 Å². The zero-order valence-corrected chi connectivity index (χ0v) is 17.8. The molecule has 0 aromatic heterocycles. The molecule has 10 nitrogen and oxygen atoms in total. The minimum atomic E-state index is -1.11. The van der Waals surface area contributed by atoms with Gasteiger partial charge in [-0.2, -0.15) is 0 Å². The Kier molecular flexibility index (Phi) is 10.2. The van der Waals surface area contributed by atoms with Crippen LogP contribution >= 0.6 is 0 Å². The van der Waals surface area contributed by atoms with E-state index in [-0.39, 0.29) is 34.4 Å². The van der Waals surface area contributed by atoms with Crippen LogP contribution in [0.15, 0.2) is 48.5 Å². The number of carbonyl (C=O) groups is 4. The molecular formula is C22H26N2O8. The Morgan fingerprint density at radius 1 is 0.625 bits per heavy atom. The molecule has 0 atom stereocenters. The van der Waals surface area contributed by atoms with Gasteiger partial charge in [0.25, 0.3) is 0 Å². The van der Waals surface area contributed by atoms with E-state index in [1.807, 2.05) is 0 Å². The molecule has 1 heterocycles. The van der Waals surface area contributed by atoms with Gasteiger partial charge in [0.1, 0.15) is 22.6 Å². The van der Waals surface area contributed by atoms with Crippen LogP contribution < -0.4 is 0 Å². The summed E-state index contributed by atoms with van der Waals surface area (Å²) >= 11 is 0. The number of aromatic carboxylic acids is 2. The fourth-order valence-electron chi connectivity index (χ4n) is 2.65. The van der Waals surface area contributed by atoms with Crippen LogP contribution in [0.4, 0.5) is 0 Å². The van der Waals surface area contributed by atoms with Crippen LogP contribution in [0.3, 0.4) is 0 Å². The van der Waals surface area contributed by atoms with Gasteiger partial charge in [0.05, 0.1) is 0 Å². The summed E-state index contributed by atoms with van der Waals surface area (Å²) in [6.07, 6.45) is 0. The number of rotatable bonds is 2. The van der Waals surface area contributed by atoms with Crippen molar-refractivity contribution in [3.63, 3.8) is 0 Å². The topological polar surface area (TPSA) is 156 Å². The second-order valence-corrected chi connectivity index (χ2v) is 6.66. The summed E-state index contributed by atoms with van der Waals surface area (Å²) in [7, 11) is 0. The second kappa shape index (κ2) is 12.6. The summed E-state index contributed by atoms with van der Waals surface area (Å²) in [6.45, 7) is 5.82. The molecule has 10 heteroatoms. The number of carbonyl (C=O) groups excluding carboxylic acids is 2. The van der Waals surface area contributed by atoms with Gasteiger partial charge >= 0.3 is 11.9 Å². The Bertz CT molecular complexity index is 875. The lowest BCUT2D eigenvalue weighted by Gasteiger charge is -2.33. The highest BCUT2D eigenvalue weighted by molar-refractivity contribution is 5.91. The lowest BCUT2D eigenvalue weighted by atomic mass is 10.2. The van der Waals surface area contributed by atoms with Gasteiger partial charge in [0.15, 0.2) is 0 Å². The van der Waals surface area contributed by atoms with Gasteiger partial charge in [0.2, 0.25) is 11.8 Å². The maximum atomic E-state index is 10.9. The quantitative estimate of drug-likeness (QED) is 0.545. The molecule has 0 spiro atoms. The predicted molar refractivity (Wildman–Crippen MR) is 115 cm³/mol. The van der Waals surface area contributed by atoms with Gasteiger partial charge in [-0.15, -0.1) is 0 Å². The first-order chi connectivity index (χ1) is 15.0. The number of aromatic hydroxyl groups is 2. The molecule has 4 N–H and O–H groups in total. The van der Waals surface area contributed by atoms with Crippen molar-refractivity contribution >= 4 is 23.8 Å². The van der Waals surface area contributed by atoms with E-state index >= 15 is 0 Å². The third-order valence-corrected chi connectivity index (χ3v) is 4.44. The minimum absolute atomic E-state index is 0.0671. The van der Waals surface area contributed by atoms with E-state index in [9.17, 15) is 19.2 Å². The van der Waals surface area contributed by atoms with Crippen molar-refractivity contribution in [3.05, 3.63) is 59.7 Å². The van der Waals surface area contributed by atoms with E-state index < -0.39 is 11.9 Å². The third-order valence-electron chi connectivity index (χ3n) is 4.44. The van der Waals surface area contributed by atoms with E-state index in [4.69, 9.17) is 20.4 Å². The summed E-state index contributed by atoms with van der Waals surface area (Å²) < 4.78 is 0. The number of amides is 2. The van der Waals surface area contributed by atoms with Crippen LogP contribution in [0.25, 0.3) is 0 Å². The van der Waals surface area contributed by atoms with Gasteiger partial charge in [0, 0.05) is 40.0 Å². The molecule has 2 aromatic carbocycles. The van der Waals surface area contributed by atoms with Crippen LogP contribution in [0, 0.1) is 0 Å². The molecule has 0 aliphatic carbocycles. The molecule has 1 aliphatic heterocycles. The fraction of sp³-hybridized carbons (Fsp3) is 0.273. The van der Waals surface area contributed by atoms with Gasteiger partial charge in [-0.3, -0.25) is 9.59 Å². The van der Waals surface area contributed by atoms with E-state index in [1.165, 1.54) is 24.3 Å². The first-order valence-electron chi connectivity index (χ1n) is 9.58. The molecule has 0 unspecified atom stereocenters. The number of nitrogens with zero attached hydrogens (tertiary/aromatic N) is 2. The fourth-order valence-corrected chi connectivity index (χ4v) is 2.65. The summed E-state index contributed by atoms with van der Waals surface area (Å²) in [5.41, 5.74) is -0.134. The van der Waals surface area contributed by atoms with Gasteiger partial charge < -0.3 is 30.2 Å². The largest absolute Gasteiger partial charge is 0.507 e. The third kappa shape index (κ3) is 8.34. The molecule has 2 aromatic rings. The van der Waals surface area contributed by atoms with E-state index in [2.05, 4.69) is 0 Å². The molecule has 0 radical (unpaired) electrons. The Balaban J connectivity index is 0.000000241. The summed E-state index contributed by atoms with van der Waals surface area (Å²) in [5.74, 6) is -2.43. The number of hydrogen-bond donors (Lipinski definition) is 4. The van der Waals surface area contributed by atoms with Gasteiger partial charge in [-0.25, -0.2) is 9.59 Å². The van der Waals surface area contributed by atoms with Crippen molar-refractivity contribution < 1.29 is 39.6 Å². The number of piperazine rings is 1. The second-order valence-electron chi connectivity index (χ2n) is 6.66. The molecule has 2 amide bonds. The zero-order valence-electron chi connectivity index (χ0n) is 17.8. The molecule has 1 fully saturated rings. The van der Waals surface area contributed by atoms with Gasteiger partial charge in [-0.05, 0) is 24.3 Å². The van der Waals surface area contributed by atoms with Crippen LogP contribution in [-0.2, 0) is 9.59 Å². The number of benzene rings is 2. The Hall–Kier alpha value is -4.08. The monoisotopic (exact) mass is 446 g/mol. The normalized spacial score (nSPS) is 12.4. The Morgan fingerprint density at radius 2 is 0.906 bits per heavy atom. The van der Waals surface area contributed by atoms with E-state index in [0.29, 0.717) is 26.2 Å². The maximum absolute atomic E-state index is 10.9. The molecule has 172 valence electrons. The molecular weight excluding hydrogens is 420 g/mol. The van der Waals surface area contributed by atoms with Crippen molar-refractivity contribution in [1.82, 2.24) is 9.80 Å². The number of para-hydroxylation sites is 2. The van der Waals surface area contributed by atoms with Crippen molar-refractivity contribution in [2.45, 2.75) is 13.8 Å². The van der Waals surface area contributed by atoms with Crippen molar-refractivity contribution in [2.75, 3.05) is 26.2 Å². The van der Waals surface area contributed by atoms with Crippen molar-refractivity contribution in [1.29, 1.82) is 0 Å². The summed E-state index contributed by atoms with van der Waals surface area (Å²) in [5, 5.41) is 34.6. The SMILES string of the molecule is CC(=O)N1CCN(C(C)=O)CC1.O=C(O)c1ccccc1O.O=C(O)c1ccccc1O. The number of carboxylic acids is 2. The lowest BCUT2D eigenvalue weighted by Crippen LogP contribution is -2.49. The number of carboxylic acid groups (broad SMARTS) is 2. The van der Waals surface area contributed by atoms with Crippen LogP contribution in [-0.4, -0.2) is 80.2 Å². The lowest BCUT2D eigenvalue weighted by molar-refractivity contribution is -0.137. The van der Waals surface area contributed by atoms with Crippen LogP contribution in [0.1, 0.15) is 34.6 Å². The predicted octanol–water partition coefficient (Wildman–Crippen LogP) is 1.88. The summed E-state index contributed by atoms with van der Waals surface area (Å²) in [4.78, 5) is 45.8. The molecule has 3 rings (SSSR count). The van der Waals surface area contributed by atoms with E-state index in [0.717, 1.165) is 0 Å². The number of phenols is 2. The molecule has 0 saturated carbocycles. The highest BCUT2D eigenvalue weighted by Crippen LogP contribution is 2.15. The number of hydrogen-bond acceptors (Lipinski definition) is 6. The van der Waals surface area contributed by atoms with Gasteiger partial charge in [-0.1, -0.05) is 24.3 Å². The molecule has 0 bridgehead atoms. The first kappa shape index (κ1) is 26.0. The molecule has 1 aliphatic rings. The minimum Gasteiger partial charge on any atom is -0.507 e. The molecule has 1 saturated heterocycles. The smallest absolute Gasteiger partial charge is 0.339 e. The van der Waals surface area contributed by atoms with E-state index in [1.54, 1.807) is 47.9 Å². The van der Waals surface area contributed by atoms with Crippen molar-refractivity contribution in [3.8, 4) is 11.5 Å². The Morgan fingerprint density at radius 3 is 1.09 bits per heavy atom. The standard InChI is InChI=1S/C8H14N2O2.2C7H6O3/c1-7(11)9-3-5-10(6-4-9)8(2)12;2*8-6-4-2-1-3-5(6)7(9)10/h3-6H2,1-2H3;2*1-4,8H,(H,9,10). The highest BCUT2D eigenvalue weighted by atomic mass is 16.4. The average Bonchev–Trinajstić information content (AvgIpc) is 2.75. The van der Waals surface area contributed by atoms with Crippen LogP contribution in [0.2, 0.25) is 0 Å². The zero-order chi connectivity index (χ0) is 24.3. The summed E-state index contributed by atoms with van der Waals surface area (Å²) in [6, 6.07) is 11.6. The highest BCUT2D eigenvalue weighted by Gasteiger charge is 2.19. The van der Waals surface area contributed by atoms with Crippen molar-refractivity contribution in [2.24, 2.45) is 0 Å².